The molecule has 1 aliphatic heterocycles. The second-order valence-corrected chi connectivity index (χ2v) is 9.23. The summed E-state index contributed by atoms with van der Waals surface area (Å²) in [6.45, 7) is 4.48. The Kier molecular flexibility index (Phi) is 7.86. The number of carbonyl (C=O) groups excluding carboxylic acids is 1. The zero-order chi connectivity index (χ0) is 25.0. The van der Waals surface area contributed by atoms with Crippen LogP contribution in [0.4, 0.5) is 13.2 Å². The number of ether oxygens (including phenoxy) is 2. The van der Waals surface area contributed by atoms with Gasteiger partial charge in [-0.2, -0.15) is 13.2 Å². The maximum atomic E-state index is 12.9. The number of benzene rings is 2. The molecule has 0 aliphatic carbocycles. The van der Waals surface area contributed by atoms with Gasteiger partial charge < -0.3 is 19.4 Å². The molecule has 1 atom stereocenters. The quantitative estimate of drug-likeness (QED) is 0.306. The van der Waals surface area contributed by atoms with Gasteiger partial charge in [0, 0.05) is 11.6 Å². The zero-order valence-corrected chi connectivity index (χ0v) is 20.1. The molecule has 10 heteroatoms. The summed E-state index contributed by atoms with van der Waals surface area (Å²) in [6, 6.07) is 10.1. The second-order valence-electron chi connectivity index (χ2n) is 8.79. The number of aromatic nitrogens is 2. The summed E-state index contributed by atoms with van der Waals surface area (Å²) in [5.74, 6) is -0.779. The van der Waals surface area contributed by atoms with Gasteiger partial charge in [-0.25, -0.2) is 9.78 Å². The van der Waals surface area contributed by atoms with Crippen molar-refractivity contribution in [1.82, 2.24) is 14.9 Å². The van der Waals surface area contributed by atoms with Gasteiger partial charge in [0.05, 0.1) is 5.52 Å². The number of carbonyl (C=O) groups is 1. The lowest BCUT2D eigenvalue weighted by Crippen LogP contribution is -2.29. The van der Waals surface area contributed by atoms with Gasteiger partial charge >= 0.3 is 12.1 Å². The van der Waals surface area contributed by atoms with Crippen molar-refractivity contribution in [2.45, 2.75) is 51.9 Å². The van der Waals surface area contributed by atoms with Gasteiger partial charge in [-0.1, -0.05) is 11.6 Å². The van der Waals surface area contributed by atoms with Crippen LogP contribution in [0.1, 0.15) is 37.1 Å². The van der Waals surface area contributed by atoms with Crippen LogP contribution in [0.5, 0.6) is 11.5 Å². The predicted octanol–water partition coefficient (Wildman–Crippen LogP) is 5.82. The molecule has 0 saturated carbocycles. The number of piperidine rings is 1. The number of nitrogens with one attached hydrogen (secondary N) is 1. The highest BCUT2D eigenvalue weighted by Gasteiger charge is 2.41. The molecule has 3 aromatic rings. The predicted molar refractivity (Wildman–Crippen MR) is 127 cm³/mol. The molecule has 1 aromatic heterocycles. The molecule has 1 fully saturated rings. The van der Waals surface area contributed by atoms with E-state index in [0.717, 1.165) is 32.4 Å². The standard InChI is InChI=1S/C25H27ClF3N3O3/c1-16-12-20-23(21(13-16)35-24(33)25(27,28)29)31-22(15-34-19-8-6-18(26)7-9-19)32(20)11-3-5-17-4-2-10-30-14-17/h6-9,12-13,17,30H,2-5,10-11,14-15H2,1H3. The summed E-state index contributed by atoms with van der Waals surface area (Å²) in [5.41, 5.74) is 1.46. The Balaban J connectivity index is 1.62. The molecule has 2 heterocycles. The third-order valence-corrected chi connectivity index (χ3v) is 6.30. The normalized spacial score (nSPS) is 16.4. The molecule has 1 N–H and O–H groups in total. The highest BCUT2D eigenvalue weighted by atomic mass is 35.5. The number of aryl methyl sites for hydroxylation is 2. The molecule has 0 amide bonds. The Morgan fingerprint density at radius 3 is 2.71 bits per heavy atom. The minimum Gasteiger partial charge on any atom is -0.486 e. The van der Waals surface area contributed by atoms with E-state index in [4.69, 9.17) is 21.1 Å². The number of rotatable bonds is 8. The van der Waals surface area contributed by atoms with Gasteiger partial charge in [0.1, 0.15) is 23.7 Å². The molecule has 1 saturated heterocycles. The van der Waals surface area contributed by atoms with E-state index in [0.29, 0.717) is 40.1 Å². The van der Waals surface area contributed by atoms with Crippen molar-refractivity contribution in [2.75, 3.05) is 13.1 Å². The molecule has 0 radical (unpaired) electrons. The monoisotopic (exact) mass is 509 g/mol. The summed E-state index contributed by atoms with van der Waals surface area (Å²) in [4.78, 5) is 16.1. The van der Waals surface area contributed by atoms with Crippen LogP contribution in [0, 0.1) is 12.8 Å². The molecule has 1 aliphatic rings. The molecule has 6 nitrogen and oxygen atoms in total. The lowest BCUT2D eigenvalue weighted by Gasteiger charge is -2.22. The Morgan fingerprint density at radius 2 is 2.03 bits per heavy atom. The first-order valence-electron chi connectivity index (χ1n) is 11.6. The van der Waals surface area contributed by atoms with Gasteiger partial charge in [-0.15, -0.1) is 0 Å². The SMILES string of the molecule is Cc1cc(OC(=O)C(F)(F)F)c2nc(COc3ccc(Cl)cc3)n(CCCC3CCCNC3)c2c1. The van der Waals surface area contributed by atoms with Crippen molar-refractivity contribution in [2.24, 2.45) is 5.92 Å². The maximum absolute atomic E-state index is 12.9. The third kappa shape index (κ3) is 6.46. The third-order valence-electron chi connectivity index (χ3n) is 6.05. The second kappa shape index (κ2) is 10.9. The average Bonchev–Trinajstić information content (AvgIpc) is 3.16. The first-order valence-corrected chi connectivity index (χ1v) is 12.0. The van der Waals surface area contributed by atoms with E-state index in [9.17, 15) is 18.0 Å². The van der Waals surface area contributed by atoms with E-state index in [1.807, 2.05) is 10.6 Å². The molecule has 0 bridgehead atoms. The number of hydrogen-bond acceptors (Lipinski definition) is 5. The fraction of sp³-hybridized carbons (Fsp3) is 0.440. The largest absolute Gasteiger partial charge is 0.491 e. The van der Waals surface area contributed by atoms with Crippen LogP contribution < -0.4 is 14.8 Å². The molecule has 35 heavy (non-hydrogen) atoms. The molecular formula is C25H27ClF3N3O3. The van der Waals surface area contributed by atoms with Crippen LogP contribution in [0.3, 0.4) is 0 Å². The van der Waals surface area contributed by atoms with Crippen LogP contribution in [-0.4, -0.2) is 34.8 Å². The van der Waals surface area contributed by atoms with Crippen molar-refractivity contribution < 1.29 is 27.4 Å². The van der Waals surface area contributed by atoms with E-state index < -0.39 is 12.1 Å². The number of hydrogen-bond donors (Lipinski definition) is 1. The molecule has 188 valence electrons. The van der Waals surface area contributed by atoms with Crippen LogP contribution in [0.15, 0.2) is 36.4 Å². The van der Waals surface area contributed by atoms with Gasteiger partial charge in [0.2, 0.25) is 0 Å². The molecule has 4 rings (SSSR count). The lowest BCUT2D eigenvalue weighted by molar-refractivity contribution is -0.189. The highest BCUT2D eigenvalue weighted by Crippen LogP contribution is 2.31. The number of esters is 1. The lowest BCUT2D eigenvalue weighted by atomic mass is 9.95. The van der Waals surface area contributed by atoms with Gasteiger partial charge in [0.25, 0.3) is 0 Å². The number of halogens is 4. The summed E-state index contributed by atoms with van der Waals surface area (Å²) < 4.78 is 51.1. The zero-order valence-electron chi connectivity index (χ0n) is 19.3. The van der Waals surface area contributed by atoms with Crippen LogP contribution in [0.2, 0.25) is 5.02 Å². The minimum absolute atomic E-state index is 0.0903. The first kappa shape index (κ1) is 25.3. The maximum Gasteiger partial charge on any atom is 0.491 e. The van der Waals surface area contributed by atoms with E-state index in [-0.39, 0.29) is 17.9 Å². The minimum atomic E-state index is -5.10. The van der Waals surface area contributed by atoms with E-state index in [1.54, 1.807) is 31.2 Å². The van der Waals surface area contributed by atoms with Crippen LogP contribution in [0.25, 0.3) is 11.0 Å². The van der Waals surface area contributed by atoms with Crippen molar-refractivity contribution in [3.63, 3.8) is 0 Å². The van der Waals surface area contributed by atoms with Gasteiger partial charge in [0.15, 0.2) is 5.75 Å². The Morgan fingerprint density at radius 1 is 1.26 bits per heavy atom. The molecule has 2 aromatic carbocycles. The highest BCUT2D eigenvalue weighted by molar-refractivity contribution is 6.30. The van der Waals surface area contributed by atoms with E-state index >= 15 is 0 Å². The van der Waals surface area contributed by atoms with E-state index in [1.165, 1.54) is 12.5 Å². The van der Waals surface area contributed by atoms with Crippen LogP contribution >= 0.6 is 11.6 Å². The Hall–Kier alpha value is -2.78. The van der Waals surface area contributed by atoms with Crippen LogP contribution in [-0.2, 0) is 17.9 Å². The topological polar surface area (TPSA) is 65.4 Å². The molecular weight excluding hydrogens is 483 g/mol. The van der Waals surface area contributed by atoms with E-state index in [2.05, 4.69) is 10.3 Å². The fourth-order valence-corrected chi connectivity index (χ4v) is 4.48. The number of nitrogens with zero attached hydrogens (tertiary/aromatic N) is 2. The summed E-state index contributed by atoms with van der Waals surface area (Å²) in [5, 5.41) is 4.00. The summed E-state index contributed by atoms with van der Waals surface area (Å²) >= 11 is 5.94. The molecule has 0 spiro atoms. The number of alkyl halides is 3. The molecule has 1 unspecified atom stereocenters. The summed E-state index contributed by atoms with van der Waals surface area (Å²) in [6.07, 6.45) is -0.872. The summed E-state index contributed by atoms with van der Waals surface area (Å²) in [7, 11) is 0. The van der Waals surface area contributed by atoms with Crippen molar-refractivity contribution in [1.29, 1.82) is 0 Å². The number of imidazole rings is 1. The fourth-order valence-electron chi connectivity index (χ4n) is 4.36. The van der Waals surface area contributed by atoms with Gasteiger partial charge in [-0.05, 0) is 93.6 Å². The Bertz CT molecular complexity index is 1170. The smallest absolute Gasteiger partial charge is 0.486 e. The first-order chi connectivity index (χ1) is 16.7. The van der Waals surface area contributed by atoms with Crippen molar-refractivity contribution in [3.8, 4) is 11.5 Å². The number of fused-ring (bicyclic) bond motifs is 1. The van der Waals surface area contributed by atoms with Crippen molar-refractivity contribution in [3.05, 3.63) is 52.8 Å². The Labute approximate surface area is 206 Å². The van der Waals surface area contributed by atoms with Crippen molar-refractivity contribution >= 4 is 28.6 Å². The average molecular weight is 510 g/mol. The van der Waals surface area contributed by atoms with Gasteiger partial charge in [-0.3, -0.25) is 0 Å².